The van der Waals surface area contributed by atoms with Crippen LogP contribution < -0.4 is 5.73 Å². The molecule has 0 spiro atoms. The van der Waals surface area contributed by atoms with E-state index < -0.39 is 30.5 Å². The van der Waals surface area contributed by atoms with Crippen molar-refractivity contribution >= 4 is 0 Å². The fourth-order valence-corrected chi connectivity index (χ4v) is 3.32. The first kappa shape index (κ1) is 26.8. The zero-order valence-electron chi connectivity index (χ0n) is 17.6. The third kappa shape index (κ3) is 13.6. The van der Waals surface area contributed by atoms with Crippen LogP contribution in [0.25, 0.3) is 0 Å². The Morgan fingerprint density at radius 3 is 1.78 bits per heavy atom. The molecule has 0 radical (unpaired) electrons. The summed E-state index contributed by atoms with van der Waals surface area (Å²) in [4.78, 5) is 0. The molecule has 0 aliphatic heterocycles. The van der Waals surface area contributed by atoms with Gasteiger partial charge in [0.15, 0.2) is 0 Å². The van der Waals surface area contributed by atoms with Crippen LogP contribution in [0.4, 0.5) is 0 Å². The highest BCUT2D eigenvalue weighted by Gasteiger charge is 2.22. The number of aliphatic hydroxyl groups is 5. The molecule has 0 saturated heterocycles. The van der Waals surface area contributed by atoms with Crippen LogP contribution in [-0.4, -0.2) is 62.1 Å². The largest absolute Gasteiger partial charge is 0.393 e. The highest BCUT2D eigenvalue weighted by molar-refractivity contribution is 4.74. The minimum Gasteiger partial charge on any atom is -0.393 e. The topological polar surface area (TPSA) is 127 Å². The smallest absolute Gasteiger partial charge is 0.0824 e. The second-order valence-corrected chi connectivity index (χ2v) is 8.36. The van der Waals surface area contributed by atoms with Crippen LogP contribution >= 0.6 is 0 Å². The summed E-state index contributed by atoms with van der Waals surface area (Å²) in [6.07, 6.45) is 4.93. The molecule has 0 bridgehead atoms. The lowest BCUT2D eigenvalue weighted by Gasteiger charge is -2.24. The summed E-state index contributed by atoms with van der Waals surface area (Å²) in [5.74, 6) is 0.0945. The van der Waals surface area contributed by atoms with Gasteiger partial charge in [-0.2, -0.15) is 0 Å². The molecule has 6 heteroatoms. The SMILES string of the molecule is CCCCC(C)C(O)C(O)CCCC(O)CCCCC(O)CC(O)C(C)N. The molecular formula is C21H45NO5. The summed E-state index contributed by atoms with van der Waals surface area (Å²) < 4.78 is 0. The molecule has 6 nitrogen and oxygen atoms in total. The molecule has 7 N–H and O–H groups in total. The van der Waals surface area contributed by atoms with Crippen molar-refractivity contribution in [2.45, 2.75) is 128 Å². The summed E-state index contributed by atoms with van der Waals surface area (Å²) in [5, 5.41) is 49.8. The molecule has 0 saturated carbocycles. The van der Waals surface area contributed by atoms with E-state index in [-0.39, 0.29) is 18.4 Å². The predicted molar refractivity (Wildman–Crippen MR) is 109 cm³/mol. The molecule has 0 aliphatic rings. The van der Waals surface area contributed by atoms with Gasteiger partial charge >= 0.3 is 0 Å². The summed E-state index contributed by atoms with van der Waals surface area (Å²) in [5.41, 5.74) is 5.58. The van der Waals surface area contributed by atoms with Crippen molar-refractivity contribution in [3.8, 4) is 0 Å². The van der Waals surface area contributed by atoms with E-state index in [2.05, 4.69) is 6.92 Å². The second kappa shape index (κ2) is 15.7. The van der Waals surface area contributed by atoms with E-state index in [4.69, 9.17) is 5.73 Å². The van der Waals surface area contributed by atoms with Gasteiger partial charge in [-0.1, -0.05) is 39.5 Å². The van der Waals surface area contributed by atoms with Crippen LogP contribution in [0.1, 0.15) is 91.4 Å². The maximum atomic E-state index is 10.1. The average molecular weight is 392 g/mol. The summed E-state index contributed by atoms with van der Waals surface area (Å²) >= 11 is 0. The maximum Gasteiger partial charge on any atom is 0.0824 e. The number of rotatable bonds is 17. The second-order valence-electron chi connectivity index (χ2n) is 8.36. The lowest BCUT2D eigenvalue weighted by atomic mass is 9.91. The van der Waals surface area contributed by atoms with E-state index in [0.717, 1.165) is 32.1 Å². The van der Waals surface area contributed by atoms with Crippen molar-refractivity contribution in [2.75, 3.05) is 0 Å². The minimum atomic E-state index is -0.726. The van der Waals surface area contributed by atoms with Crippen molar-refractivity contribution < 1.29 is 25.5 Å². The first-order valence-electron chi connectivity index (χ1n) is 10.8. The third-order valence-electron chi connectivity index (χ3n) is 5.47. The molecule has 0 heterocycles. The minimum absolute atomic E-state index is 0.0945. The van der Waals surface area contributed by atoms with Gasteiger partial charge in [-0.25, -0.2) is 0 Å². The Morgan fingerprint density at radius 1 is 0.667 bits per heavy atom. The zero-order chi connectivity index (χ0) is 20.8. The van der Waals surface area contributed by atoms with Crippen LogP contribution in [-0.2, 0) is 0 Å². The monoisotopic (exact) mass is 391 g/mol. The first-order chi connectivity index (χ1) is 12.7. The molecule has 0 aromatic rings. The van der Waals surface area contributed by atoms with Gasteiger partial charge < -0.3 is 31.3 Å². The molecular weight excluding hydrogens is 346 g/mol. The van der Waals surface area contributed by atoms with E-state index in [1.54, 1.807) is 6.92 Å². The standard InChI is InChI=1S/C21H45NO5/c1-4-5-9-15(2)21(27)19(25)13-8-12-17(23)10-6-7-11-18(24)14-20(26)16(3)22/h15-21,23-27H,4-14,22H2,1-3H3. The Morgan fingerprint density at radius 2 is 1.22 bits per heavy atom. The molecule has 0 amide bonds. The van der Waals surface area contributed by atoms with Crippen LogP contribution in [0.3, 0.4) is 0 Å². The van der Waals surface area contributed by atoms with E-state index in [0.29, 0.717) is 32.1 Å². The Bertz CT molecular complexity index is 343. The number of nitrogens with two attached hydrogens (primary N) is 1. The molecule has 27 heavy (non-hydrogen) atoms. The Hall–Kier alpha value is -0.240. The van der Waals surface area contributed by atoms with Crippen LogP contribution in [0.5, 0.6) is 0 Å². The normalized spacial score (nSPS) is 19.9. The third-order valence-corrected chi connectivity index (χ3v) is 5.47. The van der Waals surface area contributed by atoms with Crippen LogP contribution in [0.2, 0.25) is 0 Å². The molecule has 7 atom stereocenters. The quantitative estimate of drug-likeness (QED) is 0.211. The van der Waals surface area contributed by atoms with Crippen molar-refractivity contribution in [3.63, 3.8) is 0 Å². The lowest BCUT2D eigenvalue weighted by molar-refractivity contribution is -0.0214. The number of hydrogen-bond acceptors (Lipinski definition) is 6. The van der Waals surface area contributed by atoms with Gasteiger partial charge in [-0.15, -0.1) is 0 Å². The van der Waals surface area contributed by atoms with E-state index in [1.807, 2.05) is 6.92 Å². The van der Waals surface area contributed by atoms with Crippen LogP contribution in [0.15, 0.2) is 0 Å². The van der Waals surface area contributed by atoms with Gasteiger partial charge in [0.2, 0.25) is 0 Å². The van der Waals surface area contributed by atoms with Crippen molar-refractivity contribution in [2.24, 2.45) is 11.7 Å². The number of aliphatic hydroxyl groups excluding tert-OH is 5. The highest BCUT2D eigenvalue weighted by Crippen LogP contribution is 2.19. The molecule has 0 aromatic heterocycles. The summed E-state index contributed by atoms with van der Waals surface area (Å²) in [7, 11) is 0. The van der Waals surface area contributed by atoms with Gasteiger partial charge in [0.25, 0.3) is 0 Å². The van der Waals surface area contributed by atoms with Crippen molar-refractivity contribution in [1.29, 1.82) is 0 Å². The molecule has 0 rings (SSSR count). The van der Waals surface area contributed by atoms with Gasteiger partial charge in [0.1, 0.15) is 0 Å². The fourth-order valence-electron chi connectivity index (χ4n) is 3.32. The van der Waals surface area contributed by atoms with E-state index >= 15 is 0 Å². The Balaban J connectivity index is 3.78. The zero-order valence-corrected chi connectivity index (χ0v) is 17.6. The molecule has 0 aliphatic carbocycles. The highest BCUT2D eigenvalue weighted by atomic mass is 16.3. The number of unbranched alkanes of at least 4 members (excludes halogenated alkanes) is 2. The van der Waals surface area contributed by atoms with Crippen LogP contribution in [0, 0.1) is 5.92 Å². The van der Waals surface area contributed by atoms with Gasteiger partial charge in [0.05, 0.1) is 30.5 Å². The Kier molecular flexibility index (Phi) is 15.5. The van der Waals surface area contributed by atoms with Crippen molar-refractivity contribution in [3.05, 3.63) is 0 Å². The van der Waals surface area contributed by atoms with E-state index in [9.17, 15) is 25.5 Å². The van der Waals surface area contributed by atoms with Gasteiger partial charge in [-0.05, 0) is 51.4 Å². The van der Waals surface area contributed by atoms with Gasteiger partial charge in [-0.3, -0.25) is 0 Å². The van der Waals surface area contributed by atoms with E-state index in [1.165, 1.54) is 0 Å². The summed E-state index contributed by atoms with van der Waals surface area (Å²) in [6, 6.07) is -0.343. The molecule has 164 valence electrons. The van der Waals surface area contributed by atoms with Gasteiger partial charge in [0, 0.05) is 12.5 Å². The first-order valence-corrected chi connectivity index (χ1v) is 10.8. The fraction of sp³-hybridized carbons (Fsp3) is 1.00. The molecule has 0 aromatic carbocycles. The predicted octanol–water partition coefficient (Wildman–Crippen LogP) is 2.09. The average Bonchev–Trinajstić information content (AvgIpc) is 2.62. The molecule has 7 unspecified atom stereocenters. The maximum absolute atomic E-state index is 10.1. The molecule has 0 fully saturated rings. The Labute approximate surface area is 165 Å². The lowest BCUT2D eigenvalue weighted by Crippen LogP contribution is -2.34. The summed E-state index contributed by atoms with van der Waals surface area (Å²) in [6.45, 7) is 5.80. The van der Waals surface area contributed by atoms with Crippen molar-refractivity contribution in [1.82, 2.24) is 0 Å². The number of hydrogen-bond donors (Lipinski definition) is 6.